The Balaban J connectivity index is -0.000000209. The minimum Gasteiger partial charge on any atom is -0.481 e. The predicted octanol–water partition coefficient (Wildman–Crippen LogP) is 2.28. The topological polar surface area (TPSA) is 40.5 Å². The van der Waals surface area contributed by atoms with Crippen LogP contribution in [0.3, 0.4) is 0 Å². The highest BCUT2D eigenvalue weighted by Gasteiger charge is 1.93. The van der Waals surface area contributed by atoms with E-state index < -0.39 is 5.97 Å². The summed E-state index contributed by atoms with van der Waals surface area (Å²) >= 11 is 0. The molecule has 0 aliphatic heterocycles. The van der Waals surface area contributed by atoms with Gasteiger partial charge in [-0.25, -0.2) is 0 Å². The van der Waals surface area contributed by atoms with Crippen LogP contribution in [-0.2, 0) is 4.79 Å². The molecule has 3 nitrogen and oxygen atoms in total. The Hall–Kier alpha value is -0.140. The van der Waals surface area contributed by atoms with Crippen LogP contribution in [-0.4, -0.2) is 37.1 Å². The van der Waals surface area contributed by atoms with E-state index in [9.17, 15) is 4.79 Å². The largest absolute Gasteiger partial charge is 0.481 e. The highest BCUT2D eigenvalue weighted by molar-refractivity contribution is 6.92. The molecule has 0 aliphatic carbocycles. The Morgan fingerprint density at radius 3 is 1.86 bits per heavy atom. The Morgan fingerprint density at radius 1 is 1.14 bits per heavy atom. The first-order valence-electron chi connectivity index (χ1n) is 4.83. The van der Waals surface area contributed by atoms with Crippen molar-refractivity contribution in [3.8, 4) is 0 Å². The lowest BCUT2D eigenvalue weighted by Gasteiger charge is -1.92. The van der Waals surface area contributed by atoms with Gasteiger partial charge >= 0.3 is 5.97 Å². The predicted molar refractivity (Wildman–Crippen MR) is 67.1 cm³/mol. The number of carboxylic acid groups (broad SMARTS) is 1. The minimum atomic E-state index is -0.675. The molecule has 0 aromatic carbocycles. The molecule has 14 heavy (non-hydrogen) atoms. The second-order valence-electron chi connectivity index (χ2n) is 3.55. The summed E-state index contributed by atoms with van der Waals surface area (Å²) in [6.07, 6.45) is 4.55. The third kappa shape index (κ3) is 40.7. The number of nitrogens with zero attached hydrogens (tertiary/aromatic N) is 1. The normalized spacial score (nSPS) is 8.64. The monoisotopic (exact) mass is 223 g/mol. The van der Waals surface area contributed by atoms with Crippen LogP contribution in [0.25, 0.3) is 0 Å². The molecule has 0 heterocycles. The van der Waals surface area contributed by atoms with Crippen LogP contribution in [0.15, 0.2) is 0 Å². The van der Waals surface area contributed by atoms with Crippen LogP contribution < -0.4 is 0 Å². The van der Waals surface area contributed by atoms with Crippen molar-refractivity contribution in [2.75, 3.05) is 21.1 Å². The minimum absolute atomic E-state index is 0. The van der Waals surface area contributed by atoms with Gasteiger partial charge in [0.25, 0.3) is 0 Å². The van der Waals surface area contributed by atoms with E-state index in [1.165, 1.54) is 6.42 Å². The molecular weight excluding hydrogens is 197 g/mol. The van der Waals surface area contributed by atoms with Gasteiger partial charge in [-0.1, -0.05) is 26.2 Å². The first-order valence-corrected chi connectivity index (χ1v) is 4.83. The second-order valence-corrected chi connectivity index (χ2v) is 3.55. The van der Waals surface area contributed by atoms with E-state index >= 15 is 0 Å². The fraction of sp³-hybridized carbons (Fsp3) is 0.900. The molecule has 0 saturated carbocycles. The zero-order chi connectivity index (χ0) is 10.7. The van der Waals surface area contributed by atoms with E-state index in [1.54, 1.807) is 0 Å². The maximum absolute atomic E-state index is 9.96. The maximum Gasteiger partial charge on any atom is 0.303 e. The van der Waals surface area contributed by atoms with E-state index in [0.29, 0.717) is 6.42 Å². The van der Waals surface area contributed by atoms with Gasteiger partial charge in [0.15, 0.2) is 0 Å². The number of carbonyl (C=O) groups is 1. The number of unbranched alkanes of at least 4 members (excludes halogenated alkanes) is 3. The van der Waals surface area contributed by atoms with Crippen molar-refractivity contribution in [3.63, 3.8) is 0 Å². The third-order valence-electron chi connectivity index (χ3n) is 1.24. The third-order valence-corrected chi connectivity index (χ3v) is 1.24. The van der Waals surface area contributed by atoms with Crippen molar-refractivity contribution in [3.05, 3.63) is 0 Å². The number of aliphatic carboxylic acids is 1. The number of hydrogen-bond acceptors (Lipinski definition) is 2. The maximum atomic E-state index is 9.96. The van der Waals surface area contributed by atoms with Crippen LogP contribution in [0, 0.1) is 0 Å². The average molecular weight is 223 g/mol. The molecule has 1 atom stereocenters. The Morgan fingerprint density at radius 2 is 1.57 bits per heavy atom. The van der Waals surface area contributed by atoms with E-state index in [1.807, 2.05) is 26.0 Å². The molecule has 0 rings (SSSR count). The summed E-state index contributed by atoms with van der Waals surface area (Å²) in [5, 5.41) is 8.21. The molecule has 0 fully saturated rings. The number of rotatable bonds is 5. The molecule has 0 aromatic rings. The zero-order valence-electron chi connectivity index (χ0n) is 10.0. The van der Waals surface area contributed by atoms with Crippen molar-refractivity contribution in [2.24, 2.45) is 0 Å². The van der Waals surface area contributed by atoms with Gasteiger partial charge in [0.1, 0.15) is 0 Å². The zero-order valence-corrected chi connectivity index (χ0v) is 11.5. The lowest BCUT2D eigenvalue weighted by atomic mass is 10.2. The summed E-state index contributed by atoms with van der Waals surface area (Å²) in [4.78, 5) is 12.0. The standard InChI is InChI=1S/C7H14O2.C3H9N.H3P/c1-2-3-4-5-6-7(8)9;1-4(2)3;/h2-6H2,1H3,(H,8,9);1-3H3;1H3. The molecule has 0 amide bonds. The van der Waals surface area contributed by atoms with Crippen molar-refractivity contribution < 1.29 is 9.90 Å². The van der Waals surface area contributed by atoms with Gasteiger partial charge < -0.3 is 10.0 Å². The van der Waals surface area contributed by atoms with Crippen LogP contribution in [0.2, 0.25) is 0 Å². The summed E-state index contributed by atoms with van der Waals surface area (Å²) in [5.41, 5.74) is 0. The smallest absolute Gasteiger partial charge is 0.303 e. The summed E-state index contributed by atoms with van der Waals surface area (Å²) < 4.78 is 0. The van der Waals surface area contributed by atoms with Crippen molar-refractivity contribution in [2.45, 2.75) is 39.0 Å². The van der Waals surface area contributed by atoms with Crippen LogP contribution in [0.1, 0.15) is 39.0 Å². The van der Waals surface area contributed by atoms with E-state index in [0.717, 1.165) is 19.3 Å². The lowest BCUT2D eigenvalue weighted by Crippen LogP contribution is -1.99. The van der Waals surface area contributed by atoms with Gasteiger partial charge in [-0.3, -0.25) is 4.79 Å². The van der Waals surface area contributed by atoms with Crippen LogP contribution in [0.5, 0.6) is 0 Å². The van der Waals surface area contributed by atoms with E-state index in [2.05, 4.69) is 6.92 Å². The van der Waals surface area contributed by atoms with E-state index in [-0.39, 0.29) is 9.90 Å². The summed E-state index contributed by atoms with van der Waals surface area (Å²) in [6, 6.07) is 0. The quantitative estimate of drug-likeness (QED) is 0.574. The average Bonchev–Trinajstić information content (AvgIpc) is 1.97. The molecule has 0 aliphatic rings. The molecule has 0 radical (unpaired) electrons. The fourth-order valence-corrected chi connectivity index (χ4v) is 0.703. The fourth-order valence-electron chi connectivity index (χ4n) is 0.703. The van der Waals surface area contributed by atoms with Crippen LogP contribution >= 0.6 is 9.90 Å². The van der Waals surface area contributed by atoms with Crippen molar-refractivity contribution >= 4 is 15.9 Å². The second kappa shape index (κ2) is 15.3. The molecule has 1 N–H and O–H groups in total. The van der Waals surface area contributed by atoms with Crippen LogP contribution in [0.4, 0.5) is 0 Å². The summed E-state index contributed by atoms with van der Waals surface area (Å²) in [5.74, 6) is -0.675. The van der Waals surface area contributed by atoms with E-state index in [4.69, 9.17) is 5.11 Å². The molecule has 0 aromatic heterocycles. The SMILES string of the molecule is CCCCCCC(=O)O.CN(C)C.P. The molecular formula is C10H26NO2P. The molecule has 0 saturated heterocycles. The number of hydrogen-bond donors (Lipinski definition) is 1. The highest BCUT2D eigenvalue weighted by Crippen LogP contribution is 2.01. The van der Waals surface area contributed by atoms with Crippen molar-refractivity contribution in [1.82, 2.24) is 4.90 Å². The first-order chi connectivity index (χ1) is 6.00. The molecule has 0 spiro atoms. The van der Waals surface area contributed by atoms with Gasteiger partial charge in [-0.15, -0.1) is 0 Å². The van der Waals surface area contributed by atoms with Gasteiger partial charge in [0.2, 0.25) is 0 Å². The Kier molecular flexibility index (Phi) is 21.3. The Labute approximate surface area is 91.5 Å². The summed E-state index contributed by atoms with van der Waals surface area (Å²) in [6.45, 7) is 2.11. The van der Waals surface area contributed by atoms with Gasteiger partial charge in [-0.05, 0) is 27.6 Å². The van der Waals surface area contributed by atoms with Gasteiger partial charge in [0.05, 0.1) is 0 Å². The van der Waals surface area contributed by atoms with Gasteiger partial charge in [0, 0.05) is 6.42 Å². The molecule has 4 heteroatoms. The molecule has 0 bridgehead atoms. The lowest BCUT2D eigenvalue weighted by molar-refractivity contribution is -0.137. The highest BCUT2D eigenvalue weighted by atomic mass is 31.0. The van der Waals surface area contributed by atoms with Gasteiger partial charge in [-0.2, -0.15) is 9.90 Å². The first kappa shape index (κ1) is 19.4. The molecule has 88 valence electrons. The number of carboxylic acids is 1. The molecule has 1 unspecified atom stereocenters. The Bertz CT molecular complexity index is 116. The summed E-state index contributed by atoms with van der Waals surface area (Å²) in [7, 11) is 6.00. The van der Waals surface area contributed by atoms with Crippen molar-refractivity contribution in [1.29, 1.82) is 0 Å².